The van der Waals surface area contributed by atoms with Crippen molar-refractivity contribution in [3.63, 3.8) is 0 Å². The van der Waals surface area contributed by atoms with Gasteiger partial charge in [0, 0.05) is 36.6 Å². The van der Waals surface area contributed by atoms with Gasteiger partial charge in [-0.3, -0.25) is 4.79 Å². The highest BCUT2D eigenvalue weighted by Crippen LogP contribution is 2.24. The Labute approximate surface area is 204 Å². The van der Waals surface area contributed by atoms with E-state index >= 15 is 0 Å². The van der Waals surface area contributed by atoms with Crippen LogP contribution in [0.2, 0.25) is 5.02 Å². The van der Waals surface area contributed by atoms with E-state index in [9.17, 15) is 4.79 Å². The number of hydrogen-bond donors (Lipinski definition) is 0. The van der Waals surface area contributed by atoms with Crippen LogP contribution in [0.4, 0.5) is 0 Å². The average molecular weight is 474 g/mol. The average Bonchev–Trinajstić information content (AvgIpc) is 3.15. The second kappa shape index (κ2) is 9.61. The van der Waals surface area contributed by atoms with Gasteiger partial charge in [0.1, 0.15) is 5.82 Å². The molecule has 0 aliphatic carbocycles. The third kappa shape index (κ3) is 4.72. The Balaban J connectivity index is 1.46. The standard InChI is InChI=1S/C28H28ClN3O2/c1-19-14-25-26(15-20(19)2)32(27(30-25)17-22-4-3-5-24(29)16-22)18-21-6-8-23(9-7-21)28(33)31-10-12-34-13-11-31/h3-9,14-16H,10-13,17-18H2,1-2H3. The summed E-state index contributed by atoms with van der Waals surface area (Å²) in [4.78, 5) is 19.6. The molecular formula is C28H28ClN3O2. The zero-order valence-electron chi connectivity index (χ0n) is 19.6. The molecule has 5 rings (SSSR count). The minimum absolute atomic E-state index is 0.0654. The minimum Gasteiger partial charge on any atom is -0.378 e. The second-order valence-electron chi connectivity index (χ2n) is 8.95. The van der Waals surface area contributed by atoms with E-state index in [0.717, 1.165) is 33.0 Å². The third-order valence-electron chi connectivity index (χ3n) is 6.53. The van der Waals surface area contributed by atoms with Crippen molar-refractivity contribution in [2.45, 2.75) is 26.8 Å². The van der Waals surface area contributed by atoms with Gasteiger partial charge in [0.25, 0.3) is 5.91 Å². The van der Waals surface area contributed by atoms with Crippen LogP contribution in [0.15, 0.2) is 60.7 Å². The van der Waals surface area contributed by atoms with Gasteiger partial charge in [-0.2, -0.15) is 0 Å². The van der Waals surface area contributed by atoms with Gasteiger partial charge in [-0.25, -0.2) is 4.98 Å². The molecule has 0 bridgehead atoms. The molecule has 6 heteroatoms. The summed E-state index contributed by atoms with van der Waals surface area (Å²) in [5.74, 6) is 1.06. The van der Waals surface area contributed by atoms with E-state index in [-0.39, 0.29) is 5.91 Å². The van der Waals surface area contributed by atoms with E-state index in [4.69, 9.17) is 21.3 Å². The molecule has 3 aromatic carbocycles. The number of hydrogen-bond acceptors (Lipinski definition) is 3. The SMILES string of the molecule is Cc1cc2nc(Cc3cccc(Cl)c3)n(Cc3ccc(C(=O)N4CCOCC4)cc3)c2cc1C. The number of nitrogens with zero attached hydrogens (tertiary/aromatic N) is 3. The van der Waals surface area contributed by atoms with Crippen molar-refractivity contribution in [2.24, 2.45) is 0 Å². The van der Waals surface area contributed by atoms with Crippen molar-refractivity contribution in [3.05, 3.63) is 99.3 Å². The Morgan fingerprint density at radius 1 is 0.971 bits per heavy atom. The molecule has 0 radical (unpaired) electrons. The van der Waals surface area contributed by atoms with Gasteiger partial charge in [-0.05, 0) is 72.5 Å². The number of halogens is 1. The first kappa shape index (κ1) is 22.6. The predicted molar refractivity (Wildman–Crippen MR) is 136 cm³/mol. The maximum Gasteiger partial charge on any atom is 0.254 e. The summed E-state index contributed by atoms with van der Waals surface area (Å²) in [6, 6.07) is 20.3. The topological polar surface area (TPSA) is 47.4 Å². The Hall–Kier alpha value is -3.15. The summed E-state index contributed by atoms with van der Waals surface area (Å²) < 4.78 is 7.64. The minimum atomic E-state index is 0.0654. The van der Waals surface area contributed by atoms with Crippen LogP contribution in [0.3, 0.4) is 0 Å². The molecule has 2 heterocycles. The molecule has 1 aliphatic rings. The Bertz CT molecular complexity index is 1340. The number of fused-ring (bicyclic) bond motifs is 1. The van der Waals surface area contributed by atoms with Crippen LogP contribution in [0, 0.1) is 13.8 Å². The first-order valence-corrected chi connectivity index (χ1v) is 12.0. The van der Waals surface area contributed by atoms with Gasteiger partial charge in [0.2, 0.25) is 0 Å². The number of imidazole rings is 1. The van der Waals surface area contributed by atoms with Crippen molar-refractivity contribution >= 4 is 28.5 Å². The smallest absolute Gasteiger partial charge is 0.254 e. The van der Waals surface area contributed by atoms with E-state index < -0.39 is 0 Å². The zero-order chi connectivity index (χ0) is 23.7. The van der Waals surface area contributed by atoms with Crippen LogP contribution in [0.25, 0.3) is 11.0 Å². The Morgan fingerprint density at radius 2 is 1.71 bits per heavy atom. The molecule has 1 fully saturated rings. The lowest BCUT2D eigenvalue weighted by atomic mass is 10.1. The maximum atomic E-state index is 12.8. The van der Waals surface area contributed by atoms with Gasteiger partial charge in [-0.15, -0.1) is 0 Å². The number of benzene rings is 3. The number of carbonyl (C=O) groups excluding carboxylic acids is 1. The highest BCUT2D eigenvalue weighted by molar-refractivity contribution is 6.30. The van der Waals surface area contributed by atoms with Crippen molar-refractivity contribution < 1.29 is 9.53 Å². The molecule has 0 saturated carbocycles. The number of carbonyl (C=O) groups is 1. The van der Waals surface area contributed by atoms with E-state index in [1.54, 1.807) is 0 Å². The quantitative estimate of drug-likeness (QED) is 0.389. The van der Waals surface area contributed by atoms with Gasteiger partial charge in [0.05, 0.1) is 24.2 Å². The summed E-state index contributed by atoms with van der Waals surface area (Å²) in [6.07, 6.45) is 0.695. The highest BCUT2D eigenvalue weighted by atomic mass is 35.5. The maximum absolute atomic E-state index is 12.8. The molecule has 0 spiro atoms. The molecule has 0 unspecified atom stereocenters. The first-order valence-electron chi connectivity index (χ1n) is 11.6. The van der Waals surface area contributed by atoms with Crippen molar-refractivity contribution in [2.75, 3.05) is 26.3 Å². The van der Waals surface area contributed by atoms with Crippen LogP contribution in [0.1, 0.15) is 38.4 Å². The third-order valence-corrected chi connectivity index (χ3v) is 6.77. The normalized spacial score (nSPS) is 14.0. The van der Waals surface area contributed by atoms with Gasteiger partial charge < -0.3 is 14.2 Å². The summed E-state index contributed by atoms with van der Waals surface area (Å²) in [5, 5.41) is 0.729. The van der Waals surface area contributed by atoms with Crippen molar-refractivity contribution in [1.82, 2.24) is 14.5 Å². The lowest BCUT2D eigenvalue weighted by molar-refractivity contribution is 0.0303. The number of morpholine rings is 1. The summed E-state index contributed by atoms with van der Waals surface area (Å²) in [5.41, 5.74) is 7.57. The van der Waals surface area contributed by atoms with Crippen LogP contribution >= 0.6 is 11.6 Å². The van der Waals surface area contributed by atoms with Gasteiger partial charge in [0.15, 0.2) is 0 Å². The van der Waals surface area contributed by atoms with Gasteiger partial charge in [-0.1, -0.05) is 35.9 Å². The predicted octanol–water partition coefficient (Wildman–Crippen LogP) is 5.42. The molecule has 1 aromatic heterocycles. The lowest BCUT2D eigenvalue weighted by Crippen LogP contribution is -2.40. The molecular weight excluding hydrogens is 446 g/mol. The zero-order valence-corrected chi connectivity index (χ0v) is 20.3. The molecule has 0 atom stereocenters. The molecule has 5 nitrogen and oxygen atoms in total. The van der Waals surface area contributed by atoms with E-state index in [2.05, 4.69) is 36.6 Å². The van der Waals surface area contributed by atoms with Crippen LogP contribution in [-0.2, 0) is 17.7 Å². The largest absolute Gasteiger partial charge is 0.378 e. The second-order valence-corrected chi connectivity index (χ2v) is 9.38. The summed E-state index contributed by atoms with van der Waals surface area (Å²) in [7, 11) is 0. The monoisotopic (exact) mass is 473 g/mol. The highest BCUT2D eigenvalue weighted by Gasteiger charge is 2.19. The molecule has 1 amide bonds. The molecule has 34 heavy (non-hydrogen) atoms. The molecule has 1 saturated heterocycles. The van der Waals surface area contributed by atoms with Crippen molar-refractivity contribution in [3.8, 4) is 0 Å². The fourth-order valence-corrected chi connectivity index (χ4v) is 4.67. The van der Waals surface area contributed by atoms with Crippen molar-refractivity contribution in [1.29, 1.82) is 0 Å². The fraction of sp³-hybridized carbons (Fsp3) is 0.286. The van der Waals surface area contributed by atoms with Crippen LogP contribution < -0.4 is 0 Å². The first-order chi connectivity index (χ1) is 16.5. The number of ether oxygens (including phenoxy) is 1. The van der Waals surface area contributed by atoms with E-state index in [0.29, 0.717) is 44.8 Å². The number of aryl methyl sites for hydroxylation is 2. The van der Waals surface area contributed by atoms with E-state index in [1.165, 1.54) is 11.1 Å². The fourth-order valence-electron chi connectivity index (χ4n) is 4.46. The number of amides is 1. The van der Waals surface area contributed by atoms with Gasteiger partial charge >= 0.3 is 0 Å². The lowest BCUT2D eigenvalue weighted by Gasteiger charge is -2.26. The molecule has 1 aliphatic heterocycles. The summed E-state index contributed by atoms with van der Waals surface area (Å²) in [6.45, 7) is 7.43. The summed E-state index contributed by atoms with van der Waals surface area (Å²) >= 11 is 6.23. The number of aromatic nitrogens is 2. The number of rotatable bonds is 5. The molecule has 174 valence electrons. The molecule has 4 aromatic rings. The Morgan fingerprint density at radius 3 is 2.44 bits per heavy atom. The Kier molecular flexibility index (Phi) is 6.40. The van der Waals surface area contributed by atoms with Crippen LogP contribution in [-0.4, -0.2) is 46.7 Å². The molecule has 0 N–H and O–H groups in total. The van der Waals surface area contributed by atoms with E-state index in [1.807, 2.05) is 47.4 Å². The van der Waals surface area contributed by atoms with Crippen LogP contribution in [0.5, 0.6) is 0 Å².